The zero-order valence-corrected chi connectivity index (χ0v) is 10.8. The Balaban J connectivity index is 2.01. The number of ether oxygens (including phenoxy) is 1. The van der Waals surface area contributed by atoms with Crippen LogP contribution in [0, 0.1) is 0 Å². The summed E-state index contributed by atoms with van der Waals surface area (Å²) >= 11 is 0. The normalized spacial score (nSPS) is 10.3. The first-order chi connectivity index (χ1) is 8.83. The maximum Gasteiger partial charge on any atom is 0.221 e. The minimum atomic E-state index is 0.0612. The van der Waals surface area contributed by atoms with Gasteiger partial charge in [0.25, 0.3) is 0 Å². The summed E-state index contributed by atoms with van der Waals surface area (Å²) in [6.07, 6.45) is 4.91. The lowest BCUT2D eigenvalue weighted by Gasteiger charge is -2.06. The van der Waals surface area contributed by atoms with Gasteiger partial charge in [-0.05, 0) is 30.7 Å². The van der Waals surface area contributed by atoms with Crippen molar-refractivity contribution < 1.29 is 9.53 Å². The van der Waals surface area contributed by atoms with E-state index in [2.05, 4.69) is 15.6 Å². The number of carbonyl (C=O) groups is 1. The second kappa shape index (κ2) is 9.56. The number of nitrogens with one attached hydrogen (secondary N) is 2. The molecule has 0 fully saturated rings. The van der Waals surface area contributed by atoms with Crippen LogP contribution >= 0.6 is 0 Å². The third-order valence-corrected chi connectivity index (χ3v) is 2.47. The van der Waals surface area contributed by atoms with E-state index in [0.29, 0.717) is 19.5 Å². The molecular formula is C13H21N3O2. The zero-order valence-electron chi connectivity index (χ0n) is 10.8. The van der Waals surface area contributed by atoms with E-state index in [0.717, 1.165) is 25.1 Å². The van der Waals surface area contributed by atoms with Gasteiger partial charge in [-0.15, -0.1) is 0 Å². The van der Waals surface area contributed by atoms with Crippen molar-refractivity contribution in [3.63, 3.8) is 0 Å². The molecule has 5 nitrogen and oxygen atoms in total. The Morgan fingerprint density at radius 3 is 2.83 bits per heavy atom. The summed E-state index contributed by atoms with van der Waals surface area (Å²) in [5, 5.41) is 6.07. The van der Waals surface area contributed by atoms with E-state index in [1.54, 1.807) is 19.5 Å². The molecule has 100 valence electrons. The SMILES string of the molecule is COCCCNCCC(=O)NCc1ccncc1. The third kappa shape index (κ3) is 6.98. The lowest BCUT2D eigenvalue weighted by molar-refractivity contribution is -0.121. The van der Waals surface area contributed by atoms with Crippen molar-refractivity contribution in [1.29, 1.82) is 0 Å². The molecule has 0 radical (unpaired) electrons. The molecule has 0 saturated carbocycles. The highest BCUT2D eigenvalue weighted by Gasteiger charge is 2.00. The van der Waals surface area contributed by atoms with Crippen LogP contribution in [0.4, 0.5) is 0 Å². The average Bonchev–Trinajstić information content (AvgIpc) is 2.41. The van der Waals surface area contributed by atoms with Crippen LogP contribution in [0.3, 0.4) is 0 Å². The molecule has 0 aliphatic rings. The van der Waals surface area contributed by atoms with E-state index in [4.69, 9.17) is 4.74 Å². The maximum atomic E-state index is 11.5. The van der Waals surface area contributed by atoms with Crippen molar-refractivity contribution in [2.45, 2.75) is 19.4 Å². The Kier molecular flexibility index (Phi) is 7.75. The molecule has 0 atom stereocenters. The number of hydrogen-bond donors (Lipinski definition) is 2. The largest absolute Gasteiger partial charge is 0.385 e. The first-order valence-corrected chi connectivity index (χ1v) is 6.18. The average molecular weight is 251 g/mol. The fourth-order valence-electron chi connectivity index (χ4n) is 1.46. The monoisotopic (exact) mass is 251 g/mol. The predicted octanol–water partition coefficient (Wildman–Crippen LogP) is 0.714. The summed E-state index contributed by atoms with van der Waals surface area (Å²) in [5.41, 5.74) is 1.06. The number of rotatable bonds is 9. The number of hydrogen-bond acceptors (Lipinski definition) is 4. The molecule has 1 rings (SSSR count). The minimum Gasteiger partial charge on any atom is -0.385 e. The smallest absolute Gasteiger partial charge is 0.221 e. The van der Waals surface area contributed by atoms with Gasteiger partial charge in [-0.1, -0.05) is 0 Å². The van der Waals surface area contributed by atoms with Crippen molar-refractivity contribution >= 4 is 5.91 Å². The lowest BCUT2D eigenvalue weighted by atomic mass is 10.2. The highest BCUT2D eigenvalue weighted by atomic mass is 16.5. The minimum absolute atomic E-state index is 0.0612. The van der Waals surface area contributed by atoms with Crippen molar-refractivity contribution in [2.75, 3.05) is 26.8 Å². The first kappa shape index (κ1) is 14.6. The topological polar surface area (TPSA) is 63.2 Å². The Labute approximate surface area is 108 Å². The predicted molar refractivity (Wildman–Crippen MR) is 70.1 cm³/mol. The van der Waals surface area contributed by atoms with Crippen molar-refractivity contribution in [3.8, 4) is 0 Å². The number of nitrogens with zero attached hydrogens (tertiary/aromatic N) is 1. The molecular weight excluding hydrogens is 230 g/mol. The van der Waals surface area contributed by atoms with E-state index >= 15 is 0 Å². The van der Waals surface area contributed by atoms with Gasteiger partial charge in [-0.3, -0.25) is 9.78 Å². The van der Waals surface area contributed by atoms with Crippen LogP contribution in [0.25, 0.3) is 0 Å². The number of amides is 1. The summed E-state index contributed by atoms with van der Waals surface area (Å²) in [5.74, 6) is 0.0612. The van der Waals surface area contributed by atoms with Crippen LogP contribution in [0.2, 0.25) is 0 Å². The molecule has 1 heterocycles. The second-order valence-electron chi connectivity index (χ2n) is 3.98. The molecule has 1 aromatic rings. The van der Waals surface area contributed by atoms with Crippen LogP contribution in [0.1, 0.15) is 18.4 Å². The molecule has 0 saturated heterocycles. The summed E-state index contributed by atoms with van der Waals surface area (Å²) in [7, 11) is 1.69. The molecule has 0 bridgehead atoms. The van der Waals surface area contributed by atoms with Gasteiger partial charge in [0, 0.05) is 45.6 Å². The van der Waals surface area contributed by atoms with Gasteiger partial charge in [0.1, 0.15) is 0 Å². The highest BCUT2D eigenvalue weighted by molar-refractivity contribution is 5.76. The Morgan fingerprint density at radius 1 is 1.33 bits per heavy atom. The molecule has 0 aromatic carbocycles. The van der Waals surface area contributed by atoms with Crippen LogP contribution in [0.5, 0.6) is 0 Å². The Hall–Kier alpha value is -1.46. The molecule has 0 aliphatic heterocycles. The molecule has 0 unspecified atom stereocenters. The Bertz CT molecular complexity index is 330. The van der Waals surface area contributed by atoms with Gasteiger partial charge in [0.15, 0.2) is 0 Å². The summed E-state index contributed by atoms with van der Waals surface area (Å²) < 4.78 is 4.93. The number of pyridine rings is 1. The van der Waals surface area contributed by atoms with Crippen LogP contribution in [-0.4, -0.2) is 37.7 Å². The Morgan fingerprint density at radius 2 is 2.11 bits per heavy atom. The maximum absolute atomic E-state index is 11.5. The van der Waals surface area contributed by atoms with Gasteiger partial charge in [0.05, 0.1) is 0 Å². The molecule has 1 aromatic heterocycles. The van der Waals surface area contributed by atoms with Crippen LogP contribution < -0.4 is 10.6 Å². The second-order valence-corrected chi connectivity index (χ2v) is 3.98. The van der Waals surface area contributed by atoms with E-state index in [1.807, 2.05) is 12.1 Å². The van der Waals surface area contributed by atoms with E-state index in [-0.39, 0.29) is 5.91 Å². The third-order valence-electron chi connectivity index (χ3n) is 2.47. The molecule has 5 heteroatoms. The molecule has 1 amide bonds. The summed E-state index contributed by atoms with van der Waals surface area (Å²) in [4.78, 5) is 15.4. The highest BCUT2D eigenvalue weighted by Crippen LogP contribution is 1.94. The lowest BCUT2D eigenvalue weighted by Crippen LogP contribution is -2.28. The van der Waals surface area contributed by atoms with Gasteiger partial charge in [-0.25, -0.2) is 0 Å². The fraction of sp³-hybridized carbons (Fsp3) is 0.538. The zero-order chi connectivity index (χ0) is 13.1. The number of aromatic nitrogens is 1. The number of carbonyl (C=O) groups excluding carboxylic acids is 1. The van der Waals surface area contributed by atoms with E-state index < -0.39 is 0 Å². The molecule has 2 N–H and O–H groups in total. The standard InChI is InChI=1S/C13H21N3O2/c1-18-10-2-6-14-9-5-13(17)16-11-12-3-7-15-8-4-12/h3-4,7-8,14H,2,5-6,9-11H2,1H3,(H,16,17). The quantitative estimate of drug-likeness (QED) is 0.635. The fourth-order valence-corrected chi connectivity index (χ4v) is 1.46. The van der Waals surface area contributed by atoms with Crippen LogP contribution in [-0.2, 0) is 16.1 Å². The van der Waals surface area contributed by atoms with Crippen LogP contribution in [0.15, 0.2) is 24.5 Å². The van der Waals surface area contributed by atoms with E-state index in [1.165, 1.54) is 0 Å². The summed E-state index contributed by atoms with van der Waals surface area (Å²) in [6.45, 7) is 2.89. The van der Waals surface area contributed by atoms with Gasteiger partial charge in [0.2, 0.25) is 5.91 Å². The molecule has 18 heavy (non-hydrogen) atoms. The van der Waals surface area contributed by atoms with Crippen molar-refractivity contribution in [2.24, 2.45) is 0 Å². The summed E-state index contributed by atoms with van der Waals surface area (Å²) in [6, 6.07) is 3.78. The molecule has 0 spiro atoms. The van der Waals surface area contributed by atoms with Crippen molar-refractivity contribution in [3.05, 3.63) is 30.1 Å². The molecule has 0 aliphatic carbocycles. The van der Waals surface area contributed by atoms with Crippen molar-refractivity contribution in [1.82, 2.24) is 15.6 Å². The van der Waals surface area contributed by atoms with E-state index in [9.17, 15) is 4.79 Å². The first-order valence-electron chi connectivity index (χ1n) is 6.18. The van der Waals surface area contributed by atoms with Gasteiger partial charge >= 0.3 is 0 Å². The van der Waals surface area contributed by atoms with Gasteiger partial charge < -0.3 is 15.4 Å². The van der Waals surface area contributed by atoms with Gasteiger partial charge in [-0.2, -0.15) is 0 Å². The number of methoxy groups -OCH3 is 1.